The second-order valence-corrected chi connectivity index (χ2v) is 9.32. The number of rotatable bonds is 8. The largest absolute Gasteiger partial charge is 0.433 e. The van der Waals surface area contributed by atoms with Crippen LogP contribution in [0.4, 0.5) is 28.9 Å². The predicted octanol–water partition coefficient (Wildman–Crippen LogP) is 8.37. The standard InChI is InChI=1S/C27H24F4N2OS/c1-17-13-24(26(2,28)29)23-15-19(9-12-25(23)32-17)14-18-7-10-22(11-8-18)35-33-20-5-4-6-21(16-20)34-27(3,30)31/h4-13,15-16,32-33H,1,14H2,2-3H3. The van der Waals surface area contributed by atoms with Crippen molar-refractivity contribution in [1.82, 2.24) is 0 Å². The number of alkyl halides is 4. The van der Waals surface area contributed by atoms with Crippen molar-refractivity contribution < 1.29 is 22.3 Å². The van der Waals surface area contributed by atoms with Crippen LogP contribution in [-0.4, -0.2) is 12.0 Å². The SMILES string of the molecule is C=C1C=C(C(C)(F)F)c2cc(Cc3ccc(SNc4cccc(OC(C)(F)F)c4)cc3)ccc2N1. The molecule has 1 aliphatic rings. The van der Waals surface area contributed by atoms with Crippen molar-refractivity contribution in [2.75, 3.05) is 10.0 Å². The molecule has 35 heavy (non-hydrogen) atoms. The molecule has 0 aromatic heterocycles. The zero-order chi connectivity index (χ0) is 25.2. The van der Waals surface area contributed by atoms with Gasteiger partial charge in [0.2, 0.25) is 0 Å². The minimum Gasteiger partial charge on any atom is -0.433 e. The van der Waals surface area contributed by atoms with Crippen LogP contribution >= 0.6 is 11.9 Å². The summed E-state index contributed by atoms with van der Waals surface area (Å²) in [6, 6.07) is 19.7. The van der Waals surface area contributed by atoms with Crippen LogP contribution in [0, 0.1) is 0 Å². The highest BCUT2D eigenvalue weighted by Gasteiger charge is 2.32. The fourth-order valence-electron chi connectivity index (χ4n) is 3.72. The van der Waals surface area contributed by atoms with E-state index in [9.17, 15) is 17.6 Å². The number of ether oxygens (including phenoxy) is 1. The Morgan fingerprint density at radius 1 is 0.943 bits per heavy atom. The molecule has 182 valence electrons. The second kappa shape index (κ2) is 9.70. The lowest BCUT2D eigenvalue weighted by Crippen LogP contribution is -2.19. The third-order valence-corrected chi connectivity index (χ3v) is 6.06. The number of anilines is 2. The fraction of sp³-hybridized carbons (Fsp3) is 0.185. The van der Waals surface area contributed by atoms with E-state index >= 15 is 0 Å². The molecule has 0 bridgehead atoms. The van der Waals surface area contributed by atoms with Gasteiger partial charge in [-0.25, -0.2) is 8.78 Å². The monoisotopic (exact) mass is 500 g/mol. The molecule has 3 nitrogen and oxygen atoms in total. The maximum atomic E-state index is 14.2. The van der Waals surface area contributed by atoms with Gasteiger partial charge in [0.15, 0.2) is 0 Å². The molecule has 1 heterocycles. The van der Waals surface area contributed by atoms with Gasteiger partial charge in [0.25, 0.3) is 5.92 Å². The predicted molar refractivity (Wildman–Crippen MR) is 134 cm³/mol. The second-order valence-electron chi connectivity index (χ2n) is 8.44. The van der Waals surface area contributed by atoms with E-state index in [4.69, 9.17) is 0 Å². The molecule has 3 aromatic carbocycles. The zero-order valence-electron chi connectivity index (χ0n) is 19.2. The zero-order valence-corrected chi connectivity index (χ0v) is 20.0. The number of benzene rings is 3. The van der Waals surface area contributed by atoms with Gasteiger partial charge in [0, 0.05) is 53.0 Å². The van der Waals surface area contributed by atoms with Crippen molar-refractivity contribution in [2.24, 2.45) is 0 Å². The van der Waals surface area contributed by atoms with Gasteiger partial charge in [-0.15, -0.1) is 0 Å². The van der Waals surface area contributed by atoms with Crippen LogP contribution in [0.5, 0.6) is 5.75 Å². The molecule has 1 aliphatic heterocycles. The Balaban J connectivity index is 1.41. The first-order valence-corrected chi connectivity index (χ1v) is 11.7. The molecule has 0 unspecified atom stereocenters. The van der Waals surface area contributed by atoms with Crippen molar-refractivity contribution in [3.8, 4) is 5.75 Å². The summed E-state index contributed by atoms with van der Waals surface area (Å²) in [7, 11) is 0. The summed E-state index contributed by atoms with van der Waals surface area (Å²) in [5.74, 6) is -2.91. The molecule has 0 fully saturated rings. The maximum Gasteiger partial charge on any atom is 0.394 e. The minimum atomic E-state index is -3.25. The van der Waals surface area contributed by atoms with Gasteiger partial charge in [0.05, 0.1) is 0 Å². The summed E-state index contributed by atoms with van der Waals surface area (Å²) in [4.78, 5) is 0.921. The Kier molecular flexibility index (Phi) is 6.85. The van der Waals surface area contributed by atoms with Crippen LogP contribution in [0.1, 0.15) is 30.5 Å². The Morgan fingerprint density at radius 2 is 1.66 bits per heavy atom. The van der Waals surface area contributed by atoms with Gasteiger partial charge >= 0.3 is 6.11 Å². The minimum absolute atomic E-state index is 0.0481. The molecule has 0 spiro atoms. The van der Waals surface area contributed by atoms with E-state index in [-0.39, 0.29) is 11.3 Å². The Hall–Kier alpha value is -3.39. The smallest absolute Gasteiger partial charge is 0.394 e. The first-order chi connectivity index (χ1) is 16.5. The van der Waals surface area contributed by atoms with Crippen LogP contribution in [0.15, 0.2) is 90.0 Å². The average molecular weight is 501 g/mol. The molecule has 2 N–H and O–H groups in total. The van der Waals surface area contributed by atoms with Gasteiger partial charge in [0.1, 0.15) is 5.75 Å². The van der Waals surface area contributed by atoms with Gasteiger partial charge in [-0.2, -0.15) is 8.78 Å². The molecule has 0 amide bonds. The van der Waals surface area contributed by atoms with E-state index in [1.807, 2.05) is 30.3 Å². The topological polar surface area (TPSA) is 33.3 Å². The molecule has 0 atom stereocenters. The van der Waals surface area contributed by atoms with Gasteiger partial charge in [-0.05, 0) is 72.0 Å². The Labute approximate surface area is 206 Å². The Morgan fingerprint density at radius 3 is 2.34 bits per heavy atom. The first kappa shape index (κ1) is 24.7. The highest BCUT2D eigenvalue weighted by atomic mass is 32.2. The first-order valence-electron chi connectivity index (χ1n) is 10.8. The summed E-state index contributed by atoms with van der Waals surface area (Å²) in [6.45, 7) is 5.34. The average Bonchev–Trinajstić information content (AvgIpc) is 2.77. The van der Waals surface area contributed by atoms with Gasteiger partial charge in [-0.1, -0.05) is 30.8 Å². The van der Waals surface area contributed by atoms with E-state index in [0.717, 1.165) is 22.9 Å². The molecule has 0 saturated carbocycles. The normalized spacial score (nSPS) is 13.5. The summed E-state index contributed by atoms with van der Waals surface area (Å²) in [6.07, 6.45) is -1.28. The maximum absolute atomic E-state index is 14.2. The lowest BCUT2D eigenvalue weighted by atomic mass is 9.92. The number of halogens is 4. The van der Waals surface area contributed by atoms with Crippen molar-refractivity contribution in [2.45, 2.75) is 37.2 Å². The summed E-state index contributed by atoms with van der Waals surface area (Å²) in [5.41, 5.74) is 4.05. The van der Waals surface area contributed by atoms with Crippen molar-refractivity contribution in [3.63, 3.8) is 0 Å². The molecule has 0 radical (unpaired) electrons. The molecule has 3 aromatic rings. The third-order valence-electron chi connectivity index (χ3n) is 5.21. The van der Waals surface area contributed by atoms with E-state index in [1.54, 1.807) is 24.3 Å². The van der Waals surface area contributed by atoms with Crippen molar-refractivity contribution in [1.29, 1.82) is 0 Å². The van der Waals surface area contributed by atoms with Crippen LogP contribution in [-0.2, 0) is 6.42 Å². The quantitative estimate of drug-likeness (QED) is 0.240. The van der Waals surface area contributed by atoms with Crippen molar-refractivity contribution in [3.05, 3.63) is 102 Å². The molecule has 8 heteroatoms. The number of allylic oxidation sites excluding steroid dienone is 2. The number of nitrogens with one attached hydrogen (secondary N) is 2. The molecule has 4 rings (SSSR count). The van der Waals surface area contributed by atoms with E-state index < -0.39 is 12.0 Å². The van der Waals surface area contributed by atoms with Crippen LogP contribution < -0.4 is 14.8 Å². The van der Waals surface area contributed by atoms with Gasteiger partial charge < -0.3 is 14.8 Å². The summed E-state index contributed by atoms with van der Waals surface area (Å²) < 4.78 is 62.2. The van der Waals surface area contributed by atoms with Crippen LogP contribution in [0.25, 0.3) is 5.57 Å². The Bertz CT molecular complexity index is 1260. The molecular weight excluding hydrogens is 476 g/mol. The molecule has 0 aliphatic carbocycles. The number of fused-ring (bicyclic) bond motifs is 1. The summed E-state index contributed by atoms with van der Waals surface area (Å²) >= 11 is 1.34. The lowest BCUT2D eigenvalue weighted by Gasteiger charge is -2.25. The van der Waals surface area contributed by atoms with Crippen molar-refractivity contribution >= 4 is 28.9 Å². The summed E-state index contributed by atoms with van der Waals surface area (Å²) in [5, 5.41) is 3.04. The highest BCUT2D eigenvalue weighted by molar-refractivity contribution is 8.00. The van der Waals surface area contributed by atoms with E-state index in [2.05, 4.69) is 21.4 Å². The number of hydrogen-bond donors (Lipinski definition) is 2. The molecular formula is C27H24F4N2OS. The third kappa shape index (κ3) is 6.60. The lowest BCUT2D eigenvalue weighted by molar-refractivity contribution is -0.158. The highest BCUT2D eigenvalue weighted by Crippen LogP contribution is 2.40. The van der Waals surface area contributed by atoms with Gasteiger partial charge in [-0.3, -0.25) is 0 Å². The van der Waals surface area contributed by atoms with Crippen LogP contribution in [0.2, 0.25) is 0 Å². The molecule has 0 saturated heterocycles. The number of hydrogen-bond acceptors (Lipinski definition) is 4. The fourth-order valence-corrected chi connectivity index (χ4v) is 4.35. The van der Waals surface area contributed by atoms with E-state index in [1.165, 1.54) is 30.2 Å². The van der Waals surface area contributed by atoms with Crippen LogP contribution in [0.3, 0.4) is 0 Å². The van der Waals surface area contributed by atoms with E-state index in [0.29, 0.717) is 36.0 Å².